The molecular weight excluding hydrogens is 301 g/mol. The minimum atomic E-state index is -1.87. The predicted octanol–water partition coefficient (Wildman–Crippen LogP) is 2.46. The molecule has 0 unspecified atom stereocenters. The fourth-order valence-corrected chi connectivity index (χ4v) is 7.52. The zero-order chi connectivity index (χ0) is 10.2. The van der Waals surface area contributed by atoms with Crippen molar-refractivity contribution in [2.24, 2.45) is 5.16 Å². The summed E-state index contributed by atoms with van der Waals surface area (Å²) in [7, 11) is 0. The van der Waals surface area contributed by atoms with Gasteiger partial charge in [-0.1, -0.05) is 0 Å². The van der Waals surface area contributed by atoms with Crippen LogP contribution in [0.4, 0.5) is 0 Å². The molecule has 0 saturated heterocycles. The molecule has 4 heteroatoms. The van der Waals surface area contributed by atoms with E-state index in [-0.39, 0.29) is 0 Å². The second kappa shape index (κ2) is 3.85. The topological polar surface area (TPSA) is 21.6 Å². The summed E-state index contributed by atoms with van der Waals surface area (Å²) in [4.78, 5) is 13.3. The molecule has 2 radical (unpaired) electrons. The Kier molecular flexibility index (Phi) is 2.88. The second-order valence-corrected chi connectivity index (χ2v) is 20.9. The molecule has 0 aromatic carbocycles. The summed E-state index contributed by atoms with van der Waals surface area (Å²) in [6.07, 6.45) is 0.722. The summed E-state index contributed by atoms with van der Waals surface area (Å²) in [6.45, 7) is 2.74. The van der Waals surface area contributed by atoms with E-state index in [1.54, 1.807) is 2.89 Å². The van der Waals surface area contributed by atoms with Crippen molar-refractivity contribution in [1.29, 1.82) is 0 Å². The zero-order valence-electron chi connectivity index (χ0n) is 8.63. The van der Waals surface area contributed by atoms with Gasteiger partial charge in [-0.2, -0.15) is 0 Å². The average Bonchev–Trinajstić information content (AvgIpc) is 2.73. The summed E-state index contributed by atoms with van der Waals surface area (Å²) in [6, 6.07) is 4.42. The Morgan fingerprint density at radius 3 is 2.71 bits per heavy atom. The fourth-order valence-electron chi connectivity index (χ4n) is 1.25. The van der Waals surface area contributed by atoms with Gasteiger partial charge in [-0.15, -0.1) is 0 Å². The number of hydrogen-bond donors (Lipinski definition) is 0. The van der Waals surface area contributed by atoms with E-state index in [1.165, 1.54) is 4.88 Å². The van der Waals surface area contributed by atoms with E-state index in [9.17, 15) is 0 Å². The molecule has 2 nitrogen and oxygen atoms in total. The van der Waals surface area contributed by atoms with Crippen LogP contribution < -0.4 is 2.89 Å². The second-order valence-electron chi connectivity index (χ2n) is 4.36. The SMILES string of the molecule is [CH3][Sn]([CH3])([CH3])[c]1ccc(C2=NO[C]C2)s1. The van der Waals surface area contributed by atoms with Crippen molar-refractivity contribution < 1.29 is 4.84 Å². The number of thiophene rings is 1. The van der Waals surface area contributed by atoms with Crippen molar-refractivity contribution in [3.63, 3.8) is 0 Å². The van der Waals surface area contributed by atoms with E-state index < -0.39 is 18.4 Å². The normalized spacial score (nSPS) is 16.6. The van der Waals surface area contributed by atoms with Gasteiger partial charge in [0.05, 0.1) is 0 Å². The van der Waals surface area contributed by atoms with Crippen molar-refractivity contribution >= 4 is 38.3 Å². The minimum absolute atomic E-state index is 0.722. The molecule has 0 bridgehead atoms. The van der Waals surface area contributed by atoms with Gasteiger partial charge in [-0.05, 0) is 0 Å². The molecule has 0 aliphatic carbocycles. The Balaban J connectivity index is 2.26. The van der Waals surface area contributed by atoms with E-state index in [4.69, 9.17) is 4.84 Å². The molecule has 1 aliphatic rings. The maximum absolute atomic E-state index is 4.77. The monoisotopic (exact) mass is 315 g/mol. The first-order valence-electron chi connectivity index (χ1n) is 4.64. The van der Waals surface area contributed by atoms with Crippen molar-refractivity contribution in [3.8, 4) is 0 Å². The first-order valence-corrected chi connectivity index (χ1v) is 15.4. The van der Waals surface area contributed by atoms with E-state index in [0.717, 1.165) is 12.1 Å². The zero-order valence-corrected chi connectivity index (χ0v) is 12.3. The van der Waals surface area contributed by atoms with Crippen molar-refractivity contribution in [1.82, 2.24) is 0 Å². The van der Waals surface area contributed by atoms with Crippen LogP contribution in [-0.4, -0.2) is 24.1 Å². The molecule has 1 aliphatic heterocycles. The fraction of sp³-hybridized carbons (Fsp3) is 0.400. The van der Waals surface area contributed by atoms with Crippen molar-refractivity contribution in [2.75, 3.05) is 0 Å². The summed E-state index contributed by atoms with van der Waals surface area (Å²) < 4.78 is 1.59. The van der Waals surface area contributed by atoms with Gasteiger partial charge < -0.3 is 0 Å². The standard InChI is InChI=1S/C7H4NOS.3CH3.Sn/c1-2-7(10-5-1)6-3-4-9-8-6;;;;/h1-2H,3H2;3*1H3;. The number of oxime groups is 1. The van der Waals surface area contributed by atoms with Gasteiger partial charge in [0, 0.05) is 0 Å². The van der Waals surface area contributed by atoms with Gasteiger partial charge in [-0.25, -0.2) is 0 Å². The molecule has 0 N–H and O–H groups in total. The van der Waals surface area contributed by atoms with Crippen LogP contribution in [0.5, 0.6) is 0 Å². The van der Waals surface area contributed by atoms with Crippen LogP contribution in [0.25, 0.3) is 0 Å². The van der Waals surface area contributed by atoms with Gasteiger partial charge in [0.2, 0.25) is 0 Å². The van der Waals surface area contributed by atoms with Crippen molar-refractivity contribution in [2.45, 2.75) is 21.2 Å². The van der Waals surface area contributed by atoms with Gasteiger partial charge in [0.25, 0.3) is 0 Å². The van der Waals surface area contributed by atoms with Gasteiger partial charge >= 0.3 is 93.2 Å². The van der Waals surface area contributed by atoms with Gasteiger partial charge in [-0.3, -0.25) is 0 Å². The molecule has 74 valence electrons. The molecule has 0 saturated carbocycles. The Morgan fingerprint density at radius 2 is 2.21 bits per heavy atom. The molecule has 1 aromatic rings. The van der Waals surface area contributed by atoms with Crippen LogP contribution in [0.1, 0.15) is 11.3 Å². The molecule has 0 spiro atoms. The first-order chi connectivity index (χ1) is 6.57. The molecule has 14 heavy (non-hydrogen) atoms. The third-order valence-corrected chi connectivity index (χ3v) is 12.7. The number of nitrogens with zero attached hydrogens (tertiary/aromatic N) is 1. The number of hydrogen-bond acceptors (Lipinski definition) is 3. The quantitative estimate of drug-likeness (QED) is 0.769. The summed E-state index contributed by atoms with van der Waals surface area (Å²) in [5, 5.41) is 3.94. The van der Waals surface area contributed by atoms with E-state index >= 15 is 0 Å². The number of rotatable bonds is 2. The Hall–Kier alpha value is -0.0313. The molecule has 2 heterocycles. The summed E-state index contributed by atoms with van der Waals surface area (Å²) >= 11 is 0.0120. The maximum atomic E-state index is 4.77. The molecular formula is C10H13NOSSn. The van der Waals surface area contributed by atoms with Crippen LogP contribution in [0.2, 0.25) is 14.8 Å². The van der Waals surface area contributed by atoms with Crippen LogP contribution in [0, 0.1) is 6.61 Å². The Bertz CT molecular complexity index is 364. The van der Waals surface area contributed by atoms with Crippen LogP contribution in [0.3, 0.4) is 0 Å². The average molecular weight is 314 g/mol. The molecule has 1 aromatic heterocycles. The first kappa shape index (κ1) is 10.5. The molecule has 0 fully saturated rings. The Labute approximate surface area is 92.8 Å². The van der Waals surface area contributed by atoms with Gasteiger partial charge in [0.1, 0.15) is 0 Å². The van der Waals surface area contributed by atoms with Gasteiger partial charge in [0.15, 0.2) is 0 Å². The van der Waals surface area contributed by atoms with Crippen LogP contribution in [0.15, 0.2) is 17.3 Å². The van der Waals surface area contributed by atoms with Crippen LogP contribution >= 0.6 is 11.3 Å². The van der Waals surface area contributed by atoms with Crippen LogP contribution in [-0.2, 0) is 4.84 Å². The van der Waals surface area contributed by atoms with E-state index in [0.29, 0.717) is 0 Å². The Morgan fingerprint density at radius 1 is 1.43 bits per heavy atom. The third kappa shape index (κ3) is 2.14. The predicted molar refractivity (Wildman–Crippen MR) is 62.8 cm³/mol. The molecule has 0 atom stereocenters. The molecule has 2 rings (SSSR count). The van der Waals surface area contributed by atoms with E-state index in [1.807, 2.05) is 11.3 Å². The summed E-state index contributed by atoms with van der Waals surface area (Å²) in [5.74, 6) is 0. The third-order valence-electron chi connectivity index (χ3n) is 2.09. The molecule has 0 amide bonds. The van der Waals surface area contributed by atoms with E-state index in [2.05, 4.69) is 38.7 Å². The summed E-state index contributed by atoms with van der Waals surface area (Å²) in [5.41, 5.74) is 1.02. The van der Waals surface area contributed by atoms with Crippen molar-refractivity contribution in [3.05, 3.63) is 23.6 Å².